The van der Waals surface area contributed by atoms with Gasteiger partial charge in [-0.1, -0.05) is 42.5 Å². The van der Waals surface area contributed by atoms with Crippen molar-refractivity contribution < 1.29 is 9.90 Å². The number of nitrogens with two attached hydrogens (primary N) is 1. The van der Waals surface area contributed by atoms with Gasteiger partial charge in [-0.05, 0) is 36.6 Å². The van der Waals surface area contributed by atoms with E-state index >= 15 is 0 Å². The first-order chi connectivity index (χ1) is 9.02. The Kier molecular flexibility index (Phi) is 3.56. The summed E-state index contributed by atoms with van der Waals surface area (Å²) in [6.45, 7) is 1.73. The second-order valence-electron chi connectivity index (χ2n) is 4.93. The molecule has 0 bridgehead atoms. The molecule has 0 heterocycles. The van der Waals surface area contributed by atoms with Crippen molar-refractivity contribution in [1.29, 1.82) is 0 Å². The van der Waals surface area contributed by atoms with Crippen LogP contribution in [0.3, 0.4) is 0 Å². The summed E-state index contributed by atoms with van der Waals surface area (Å²) in [4.78, 5) is 11.7. The zero-order valence-electron chi connectivity index (χ0n) is 10.8. The molecule has 0 aromatic heterocycles. The van der Waals surface area contributed by atoms with Gasteiger partial charge in [-0.25, -0.2) is 0 Å². The quantitative estimate of drug-likeness (QED) is 0.826. The van der Waals surface area contributed by atoms with Crippen LogP contribution in [0, 0.1) is 0 Å². The Morgan fingerprint density at radius 1 is 1.16 bits per heavy atom. The second kappa shape index (κ2) is 5.14. The van der Waals surface area contributed by atoms with Gasteiger partial charge in [0.2, 0.25) is 0 Å². The van der Waals surface area contributed by atoms with Crippen molar-refractivity contribution in [2.24, 2.45) is 0 Å². The van der Waals surface area contributed by atoms with Crippen molar-refractivity contribution in [3.63, 3.8) is 0 Å². The molecule has 0 saturated heterocycles. The fourth-order valence-electron chi connectivity index (χ4n) is 2.19. The molecule has 0 radical (unpaired) electrons. The average Bonchev–Trinajstić information content (AvgIpc) is 2.39. The molecule has 0 amide bonds. The van der Waals surface area contributed by atoms with Gasteiger partial charge in [-0.3, -0.25) is 4.79 Å². The zero-order chi connectivity index (χ0) is 13.9. The normalized spacial score (nSPS) is 13.7. The van der Waals surface area contributed by atoms with Crippen molar-refractivity contribution in [1.82, 2.24) is 0 Å². The molecule has 3 heteroatoms. The van der Waals surface area contributed by atoms with Gasteiger partial charge in [0.25, 0.3) is 0 Å². The molecule has 98 valence electrons. The maximum Gasteiger partial charge on any atom is 0.314 e. The van der Waals surface area contributed by atoms with E-state index in [9.17, 15) is 9.90 Å². The third kappa shape index (κ3) is 2.76. The lowest BCUT2D eigenvalue weighted by molar-refractivity contribution is -0.143. The van der Waals surface area contributed by atoms with Gasteiger partial charge in [0.15, 0.2) is 0 Å². The van der Waals surface area contributed by atoms with Crippen LogP contribution in [0.2, 0.25) is 0 Å². The van der Waals surface area contributed by atoms with Crippen LogP contribution in [0.15, 0.2) is 54.6 Å². The van der Waals surface area contributed by atoms with E-state index in [0.29, 0.717) is 12.1 Å². The number of rotatable bonds is 4. The Bertz CT molecular complexity index is 580. The first-order valence-corrected chi connectivity index (χ1v) is 6.16. The van der Waals surface area contributed by atoms with E-state index in [2.05, 4.69) is 0 Å². The van der Waals surface area contributed by atoms with Gasteiger partial charge in [-0.2, -0.15) is 0 Å². The lowest BCUT2D eigenvalue weighted by atomic mass is 9.77. The van der Waals surface area contributed by atoms with E-state index < -0.39 is 11.4 Å². The molecule has 0 fully saturated rings. The molecule has 0 aliphatic heterocycles. The first-order valence-electron chi connectivity index (χ1n) is 6.16. The highest BCUT2D eigenvalue weighted by Gasteiger charge is 2.35. The van der Waals surface area contributed by atoms with E-state index in [-0.39, 0.29) is 0 Å². The molecule has 3 nitrogen and oxygen atoms in total. The standard InChI is InChI=1S/C16H17NO2/c1-16(15(18)19,11-12-6-3-2-4-7-12)13-8-5-9-14(17)10-13/h2-10H,11,17H2,1H3,(H,18,19). The van der Waals surface area contributed by atoms with Crippen molar-refractivity contribution in [3.8, 4) is 0 Å². The van der Waals surface area contributed by atoms with E-state index in [1.165, 1.54) is 0 Å². The minimum Gasteiger partial charge on any atom is -0.481 e. The van der Waals surface area contributed by atoms with Crippen molar-refractivity contribution in [2.45, 2.75) is 18.8 Å². The third-order valence-corrected chi connectivity index (χ3v) is 3.40. The summed E-state index contributed by atoms with van der Waals surface area (Å²) in [5.41, 5.74) is 7.08. The second-order valence-corrected chi connectivity index (χ2v) is 4.93. The smallest absolute Gasteiger partial charge is 0.314 e. The Labute approximate surface area is 112 Å². The topological polar surface area (TPSA) is 63.3 Å². The summed E-state index contributed by atoms with van der Waals surface area (Å²) in [5.74, 6) is -0.845. The zero-order valence-corrected chi connectivity index (χ0v) is 10.8. The molecule has 1 unspecified atom stereocenters. The summed E-state index contributed by atoms with van der Waals surface area (Å²) >= 11 is 0. The number of carboxylic acids is 1. The Hall–Kier alpha value is -2.29. The number of hydrogen-bond acceptors (Lipinski definition) is 2. The largest absolute Gasteiger partial charge is 0.481 e. The summed E-state index contributed by atoms with van der Waals surface area (Å²) in [5, 5.41) is 9.60. The van der Waals surface area contributed by atoms with Crippen molar-refractivity contribution >= 4 is 11.7 Å². The minimum absolute atomic E-state index is 0.437. The van der Waals surface area contributed by atoms with Crippen molar-refractivity contribution in [3.05, 3.63) is 65.7 Å². The van der Waals surface area contributed by atoms with Crippen LogP contribution in [-0.4, -0.2) is 11.1 Å². The SMILES string of the molecule is CC(Cc1ccccc1)(C(=O)O)c1cccc(N)c1. The van der Waals surface area contributed by atoms with Crippen molar-refractivity contribution in [2.75, 3.05) is 5.73 Å². The van der Waals surface area contributed by atoms with Gasteiger partial charge < -0.3 is 10.8 Å². The highest BCUT2D eigenvalue weighted by atomic mass is 16.4. The summed E-state index contributed by atoms with van der Waals surface area (Å²) in [6, 6.07) is 16.7. The van der Waals surface area contributed by atoms with Crippen LogP contribution in [0.1, 0.15) is 18.1 Å². The van der Waals surface area contributed by atoms with Crippen LogP contribution in [0.4, 0.5) is 5.69 Å². The van der Waals surface area contributed by atoms with Crippen LogP contribution in [-0.2, 0) is 16.6 Å². The lowest BCUT2D eigenvalue weighted by Crippen LogP contribution is -2.34. The number of benzene rings is 2. The predicted molar refractivity (Wildman–Crippen MR) is 76.0 cm³/mol. The van der Waals surface area contributed by atoms with Gasteiger partial charge in [0.05, 0.1) is 5.41 Å². The highest BCUT2D eigenvalue weighted by Crippen LogP contribution is 2.29. The molecule has 1 atom stereocenters. The number of aliphatic carboxylic acids is 1. The number of nitrogen functional groups attached to an aromatic ring is 1. The van der Waals surface area contributed by atoms with E-state index in [1.807, 2.05) is 36.4 Å². The van der Waals surface area contributed by atoms with Crippen LogP contribution in [0.5, 0.6) is 0 Å². The average molecular weight is 255 g/mol. The summed E-state index contributed by atoms with van der Waals surface area (Å²) in [7, 11) is 0. The minimum atomic E-state index is -0.975. The van der Waals surface area contributed by atoms with Crippen LogP contribution in [0.25, 0.3) is 0 Å². The third-order valence-electron chi connectivity index (χ3n) is 3.40. The molecule has 2 aromatic rings. The molecular formula is C16H17NO2. The van der Waals surface area contributed by atoms with Crippen LogP contribution >= 0.6 is 0 Å². The van der Waals surface area contributed by atoms with Gasteiger partial charge >= 0.3 is 5.97 Å². The fourth-order valence-corrected chi connectivity index (χ4v) is 2.19. The Morgan fingerprint density at radius 2 is 1.84 bits per heavy atom. The summed E-state index contributed by atoms with van der Waals surface area (Å²) in [6.07, 6.45) is 0.437. The van der Waals surface area contributed by atoms with Gasteiger partial charge in [0, 0.05) is 5.69 Å². The number of anilines is 1. The molecular weight excluding hydrogens is 238 g/mol. The number of carbonyl (C=O) groups is 1. The lowest BCUT2D eigenvalue weighted by Gasteiger charge is -2.25. The summed E-state index contributed by atoms with van der Waals surface area (Å²) < 4.78 is 0. The molecule has 2 rings (SSSR count). The molecule has 2 aromatic carbocycles. The molecule has 0 saturated carbocycles. The first kappa shape index (κ1) is 13.1. The number of hydrogen-bond donors (Lipinski definition) is 2. The molecule has 0 spiro atoms. The maximum absolute atomic E-state index is 11.7. The monoisotopic (exact) mass is 255 g/mol. The Morgan fingerprint density at radius 3 is 2.42 bits per heavy atom. The molecule has 0 aliphatic rings. The van der Waals surface area contributed by atoms with E-state index in [0.717, 1.165) is 11.1 Å². The molecule has 0 aliphatic carbocycles. The van der Waals surface area contributed by atoms with E-state index in [4.69, 9.17) is 5.73 Å². The Balaban J connectivity index is 2.41. The van der Waals surface area contributed by atoms with Gasteiger partial charge in [0.1, 0.15) is 0 Å². The van der Waals surface area contributed by atoms with E-state index in [1.54, 1.807) is 25.1 Å². The van der Waals surface area contributed by atoms with Crippen LogP contribution < -0.4 is 5.73 Å². The molecule has 3 N–H and O–H groups in total. The molecule has 19 heavy (non-hydrogen) atoms. The fraction of sp³-hybridized carbons (Fsp3) is 0.188. The number of carboxylic acid groups (broad SMARTS) is 1. The predicted octanol–water partition coefficient (Wildman–Crippen LogP) is 2.85. The van der Waals surface area contributed by atoms with Gasteiger partial charge in [-0.15, -0.1) is 0 Å². The highest BCUT2D eigenvalue weighted by molar-refractivity contribution is 5.81. The maximum atomic E-state index is 11.7.